The lowest BCUT2D eigenvalue weighted by molar-refractivity contribution is 0.0464. The zero-order valence-electron chi connectivity index (χ0n) is 10.1. The number of halogens is 1. The molecule has 1 aliphatic carbocycles. The number of hydrogen-bond acceptors (Lipinski definition) is 3. The van der Waals surface area contributed by atoms with E-state index >= 15 is 0 Å². The third-order valence-corrected chi connectivity index (χ3v) is 3.66. The molecule has 4 heteroatoms. The maximum atomic E-state index is 9.29. The van der Waals surface area contributed by atoms with Crippen molar-refractivity contribution in [1.82, 2.24) is 0 Å². The first-order valence-electron chi connectivity index (χ1n) is 5.98. The Labute approximate surface area is 107 Å². The molecule has 3 nitrogen and oxygen atoms in total. The predicted molar refractivity (Wildman–Crippen MR) is 71.3 cm³/mol. The van der Waals surface area contributed by atoms with Crippen molar-refractivity contribution in [3.8, 4) is 0 Å². The lowest BCUT2D eigenvalue weighted by Crippen LogP contribution is -2.37. The normalized spacial score (nSPS) is 23.3. The van der Waals surface area contributed by atoms with Gasteiger partial charge in [-0.1, -0.05) is 17.7 Å². The van der Waals surface area contributed by atoms with Crippen LogP contribution in [0, 0.1) is 5.92 Å². The monoisotopic (exact) mass is 254 g/mol. The number of aliphatic hydroxyl groups is 1. The van der Waals surface area contributed by atoms with Gasteiger partial charge in [-0.05, 0) is 36.5 Å². The van der Waals surface area contributed by atoms with Crippen LogP contribution in [0.5, 0.6) is 0 Å². The molecular formula is C13H19ClN2O. The van der Waals surface area contributed by atoms with Crippen LogP contribution >= 0.6 is 11.6 Å². The number of aliphatic hydroxyl groups excluding tert-OH is 1. The molecule has 94 valence electrons. The minimum atomic E-state index is -0.0956. The van der Waals surface area contributed by atoms with Crippen LogP contribution in [-0.4, -0.2) is 24.8 Å². The molecule has 0 heterocycles. The van der Waals surface area contributed by atoms with Crippen molar-refractivity contribution in [2.45, 2.75) is 25.5 Å². The molecule has 1 aliphatic rings. The first-order chi connectivity index (χ1) is 8.10. The zero-order chi connectivity index (χ0) is 12.4. The molecule has 0 unspecified atom stereocenters. The molecular weight excluding hydrogens is 236 g/mol. The van der Waals surface area contributed by atoms with Gasteiger partial charge in [-0.15, -0.1) is 0 Å². The average molecular weight is 255 g/mol. The first kappa shape index (κ1) is 12.7. The Kier molecular flexibility index (Phi) is 3.92. The highest BCUT2D eigenvalue weighted by atomic mass is 35.5. The van der Waals surface area contributed by atoms with E-state index in [0.717, 1.165) is 35.7 Å². The van der Waals surface area contributed by atoms with Crippen molar-refractivity contribution < 1.29 is 5.11 Å². The molecule has 0 saturated heterocycles. The van der Waals surface area contributed by atoms with Gasteiger partial charge in [-0.3, -0.25) is 0 Å². The van der Waals surface area contributed by atoms with E-state index in [1.807, 2.05) is 18.2 Å². The number of hydrogen-bond donors (Lipinski definition) is 2. The highest BCUT2D eigenvalue weighted by Crippen LogP contribution is 2.31. The Balaban J connectivity index is 2.06. The molecule has 0 aromatic heterocycles. The fraction of sp³-hybridized carbons (Fsp3) is 0.538. The van der Waals surface area contributed by atoms with Crippen molar-refractivity contribution in [3.05, 3.63) is 28.8 Å². The predicted octanol–water partition coefficient (Wildman–Crippen LogP) is 2.01. The topological polar surface area (TPSA) is 49.5 Å². The van der Waals surface area contributed by atoms with Crippen molar-refractivity contribution >= 4 is 17.3 Å². The number of benzene rings is 1. The molecule has 0 atom stereocenters. The van der Waals surface area contributed by atoms with Gasteiger partial charge in [-0.25, -0.2) is 0 Å². The molecule has 17 heavy (non-hydrogen) atoms. The molecule has 0 amide bonds. The Bertz CT molecular complexity index is 391. The summed E-state index contributed by atoms with van der Waals surface area (Å²) in [5.74, 6) is 0.583. The molecule has 1 fully saturated rings. The number of anilines is 1. The van der Waals surface area contributed by atoms with Crippen LogP contribution in [0.15, 0.2) is 18.2 Å². The average Bonchev–Trinajstić information content (AvgIpc) is 2.27. The second-order valence-corrected chi connectivity index (χ2v) is 5.29. The second kappa shape index (κ2) is 5.25. The molecule has 1 aromatic carbocycles. The molecule has 2 rings (SSSR count). The summed E-state index contributed by atoms with van der Waals surface area (Å²) in [4.78, 5) is 2.19. The quantitative estimate of drug-likeness (QED) is 0.864. The molecule has 1 aromatic rings. The van der Waals surface area contributed by atoms with Crippen LogP contribution < -0.4 is 10.6 Å². The third kappa shape index (κ3) is 2.92. The van der Waals surface area contributed by atoms with Gasteiger partial charge in [0, 0.05) is 30.8 Å². The summed E-state index contributed by atoms with van der Waals surface area (Å²) >= 11 is 6.02. The smallest absolute Gasteiger partial charge is 0.0546 e. The highest BCUT2D eigenvalue weighted by Gasteiger charge is 2.28. The van der Waals surface area contributed by atoms with Crippen LogP contribution in [0.2, 0.25) is 5.02 Å². The van der Waals surface area contributed by atoms with Crippen LogP contribution in [0.4, 0.5) is 5.69 Å². The minimum Gasteiger partial charge on any atom is -0.393 e. The van der Waals surface area contributed by atoms with E-state index in [1.54, 1.807) is 0 Å². The van der Waals surface area contributed by atoms with Gasteiger partial charge in [0.05, 0.1) is 6.10 Å². The molecule has 0 aliphatic heterocycles. The van der Waals surface area contributed by atoms with Gasteiger partial charge in [-0.2, -0.15) is 0 Å². The SMILES string of the molecule is CN(CC1CC(O)C1)c1cc(Cl)ccc1CN. The van der Waals surface area contributed by atoms with Crippen LogP contribution in [-0.2, 0) is 6.54 Å². The number of rotatable bonds is 4. The van der Waals surface area contributed by atoms with Gasteiger partial charge in [0.2, 0.25) is 0 Å². The molecule has 0 radical (unpaired) electrons. The van der Waals surface area contributed by atoms with E-state index in [2.05, 4.69) is 11.9 Å². The van der Waals surface area contributed by atoms with E-state index in [4.69, 9.17) is 17.3 Å². The Morgan fingerprint density at radius 2 is 2.18 bits per heavy atom. The Hall–Kier alpha value is -0.770. The van der Waals surface area contributed by atoms with Crippen molar-refractivity contribution in [3.63, 3.8) is 0 Å². The van der Waals surface area contributed by atoms with E-state index in [1.165, 1.54) is 0 Å². The van der Waals surface area contributed by atoms with E-state index in [0.29, 0.717) is 12.5 Å². The van der Waals surface area contributed by atoms with Gasteiger partial charge in [0.15, 0.2) is 0 Å². The van der Waals surface area contributed by atoms with Crippen LogP contribution in [0.1, 0.15) is 18.4 Å². The van der Waals surface area contributed by atoms with E-state index < -0.39 is 0 Å². The lowest BCUT2D eigenvalue weighted by atomic mass is 9.82. The first-order valence-corrected chi connectivity index (χ1v) is 6.35. The van der Waals surface area contributed by atoms with Crippen molar-refractivity contribution in [1.29, 1.82) is 0 Å². The minimum absolute atomic E-state index is 0.0956. The van der Waals surface area contributed by atoms with E-state index in [9.17, 15) is 5.11 Å². The van der Waals surface area contributed by atoms with Crippen LogP contribution in [0.25, 0.3) is 0 Å². The number of nitrogens with zero attached hydrogens (tertiary/aromatic N) is 1. The second-order valence-electron chi connectivity index (χ2n) is 4.85. The number of nitrogens with two attached hydrogens (primary N) is 1. The third-order valence-electron chi connectivity index (χ3n) is 3.42. The lowest BCUT2D eigenvalue weighted by Gasteiger charge is -2.35. The summed E-state index contributed by atoms with van der Waals surface area (Å²) in [5, 5.41) is 10.0. The van der Waals surface area contributed by atoms with Gasteiger partial charge >= 0.3 is 0 Å². The Morgan fingerprint density at radius 1 is 1.47 bits per heavy atom. The fourth-order valence-electron chi connectivity index (χ4n) is 2.40. The summed E-state index contributed by atoms with van der Waals surface area (Å²) in [6.07, 6.45) is 1.72. The maximum Gasteiger partial charge on any atom is 0.0546 e. The molecule has 1 saturated carbocycles. The fourth-order valence-corrected chi connectivity index (χ4v) is 2.57. The van der Waals surface area contributed by atoms with Crippen molar-refractivity contribution in [2.24, 2.45) is 11.7 Å². The summed E-state index contributed by atoms with van der Waals surface area (Å²) in [6.45, 7) is 1.47. The van der Waals surface area contributed by atoms with Gasteiger partial charge in [0.25, 0.3) is 0 Å². The standard InChI is InChI=1S/C13H19ClN2O/c1-16(8-9-4-12(17)5-9)13-6-11(14)3-2-10(13)7-15/h2-3,6,9,12,17H,4-5,7-8,15H2,1H3. The van der Waals surface area contributed by atoms with Crippen molar-refractivity contribution in [2.75, 3.05) is 18.5 Å². The largest absolute Gasteiger partial charge is 0.393 e. The highest BCUT2D eigenvalue weighted by molar-refractivity contribution is 6.30. The zero-order valence-corrected chi connectivity index (χ0v) is 10.8. The molecule has 3 N–H and O–H groups in total. The van der Waals surface area contributed by atoms with Gasteiger partial charge < -0.3 is 15.7 Å². The molecule has 0 bridgehead atoms. The molecule has 0 spiro atoms. The summed E-state index contributed by atoms with van der Waals surface area (Å²) < 4.78 is 0. The maximum absolute atomic E-state index is 9.29. The summed E-state index contributed by atoms with van der Waals surface area (Å²) in [7, 11) is 2.05. The Morgan fingerprint density at radius 3 is 2.76 bits per heavy atom. The van der Waals surface area contributed by atoms with E-state index in [-0.39, 0.29) is 6.10 Å². The summed E-state index contributed by atoms with van der Waals surface area (Å²) in [6, 6.07) is 5.80. The van der Waals surface area contributed by atoms with Gasteiger partial charge in [0.1, 0.15) is 0 Å². The van der Waals surface area contributed by atoms with Crippen LogP contribution in [0.3, 0.4) is 0 Å². The summed E-state index contributed by atoms with van der Waals surface area (Å²) in [5.41, 5.74) is 7.93.